The van der Waals surface area contributed by atoms with E-state index in [9.17, 15) is 4.79 Å². The summed E-state index contributed by atoms with van der Waals surface area (Å²) in [4.78, 5) is 16.3. The van der Waals surface area contributed by atoms with Crippen LogP contribution in [-0.4, -0.2) is 24.6 Å². The third kappa shape index (κ3) is 4.38. The lowest BCUT2D eigenvalue weighted by atomic mass is 10.1. The summed E-state index contributed by atoms with van der Waals surface area (Å²) in [6.07, 6.45) is 3.28. The van der Waals surface area contributed by atoms with Gasteiger partial charge in [0.1, 0.15) is 17.2 Å². The average molecular weight is 338 g/mol. The van der Waals surface area contributed by atoms with E-state index in [1.165, 1.54) is 0 Å². The normalized spacial score (nSPS) is 10.3. The highest BCUT2D eigenvalue weighted by Gasteiger charge is 2.10. The Kier molecular flexibility index (Phi) is 5.31. The molecule has 0 fully saturated rings. The summed E-state index contributed by atoms with van der Waals surface area (Å²) in [7, 11) is 1.60. The number of rotatable bonds is 7. The standard InChI is InChI=1S/C19H18N2O4/c1-23-15-6-8-16(9-7-15)25-13-18(22)21-12-14-4-2-10-20-19(14)17-5-3-11-24-17/h2-11H,12-13H2,1H3,(H,21,22). The summed E-state index contributed by atoms with van der Waals surface area (Å²) in [6.45, 7) is 0.275. The van der Waals surface area contributed by atoms with Crippen LogP contribution in [0.25, 0.3) is 11.5 Å². The maximum absolute atomic E-state index is 12.0. The molecular formula is C19H18N2O4. The van der Waals surface area contributed by atoms with Gasteiger partial charge >= 0.3 is 0 Å². The van der Waals surface area contributed by atoms with Gasteiger partial charge in [-0.2, -0.15) is 0 Å². The molecule has 6 heteroatoms. The van der Waals surface area contributed by atoms with Gasteiger partial charge in [-0.3, -0.25) is 9.78 Å². The van der Waals surface area contributed by atoms with Crippen LogP contribution < -0.4 is 14.8 Å². The second-order valence-corrected chi connectivity index (χ2v) is 5.23. The van der Waals surface area contributed by atoms with E-state index < -0.39 is 0 Å². The Labute approximate surface area is 145 Å². The fraction of sp³-hybridized carbons (Fsp3) is 0.158. The van der Waals surface area contributed by atoms with E-state index in [4.69, 9.17) is 13.9 Å². The predicted molar refractivity (Wildman–Crippen MR) is 92.3 cm³/mol. The molecule has 6 nitrogen and oxygen atoms in total. The summed E-state index contributed by atoms with van der Waals surface area (Å²) in [5.41, 5.74) is 1.58. The third-order valence-electron chi connectivity index (χ3n) is 3.55. The lowest BCUT2D eigenvalue weighted by Crippen LogP contribution is -2.28. The van der Waals surface area contributed by atoms with Gasteiger partial charge in [0.2, 0.25) is 0 Å². The highest BCUT2D eigenvalue weighted by molar-refractivity contribution is 5.77. The van der Waals surface area contributed by atoms with Crippen molar-refractivity contribution < 1.29 is 18.7 Å². The molecule has 1 amide bonds. The highest BCUT2D eigenvalue weighted by atomic mass is 16.5. The van der Waals surface area contributed by atoms with Gasteiger partial charge in [0, 0.05) is 18.3 Å². The molecule has 0 spiro atoms. The van der Waals surface area contributed by atoms with E-state index >= 15 is 0 Å². The number of ether oxygens (including phenoxy) is 2. The van der Waals surface area contributed by atoms with Gasteiger partial charge in [0.15, 0.2) is 12.4 Å². The summed E-state index contributed by atoms with van der Waals surface area (Å²) in [5, 5.41) is 2.82. The Morgan fingerprint density at radius 2 is 1.92 bits per heavy atom. The molecule has 0 radical (unpaired) electrons. The van der Waals surface area contributed by atoms with E-state index in [0.717, 1.165) is 11.3 Å². The topological polar surface area (TPSA) is 73.6 Å². The molecule has 1 aromatic carbocycles. The zero-order valence-electron chi connectivity index (χ0n) is 13.8. The number of methoxy groups -OCH3 is 1. The second kappa shape index (κ2) is 8.01. The Morgan fingerprint density at radius 3 is 2.64 bits per heavy atom. The Balaban J connectivity index is 1.54. The number of pyridine rings is 1. The number of hydrogen-bond acceptors (Lipinski definition) is 5. The fourth-order valence-corrected chi connectivity index (χ4v) is 2.28. The number of nitrogens with zero attached hydrogens (tertiary/aromatic N) is 1. The Hall–Kier alpha value is -3.28. The molecule has 0 saturated heterocycles. The van der Waals surface area contributed by atoms with E-state index in [2.05, 4.69) is 10.3 Å². The quantitative estimate of drug-likeness (QED) is 0.717. The van der Waals surface area contributed by atoms with Crippen LogP contribution in [0.2, 0.25) is 0 Å². The number of carbonyl (C=O) groups excluding carboxylic acids is 1. The predicted octanol–water partition coefficient (Wildman–Crippen LogP) is 3.05. The van der Waals surface area contributed by atoms with Crippen LogP contribution in [0.4, 0.5) is 0 Å². The van der Waals surface area contributed by atoms with Crippen LogP contribution in [0.1, 0.15) is 5.56 Å². The third-order valence-corrected chi connectivity index (χ3v) is 3.55. The van der Waals surface area contributed by atoms with Crippen molar-refractivity contribution >= 4 is 5.91 Å². The number of nitrogens with one attached hydrogen (secondary N) is 1. The minimum absolute atomic E-state index is 0.0668. The Morgan fingerprint density at radius 1 is 1.12 bits per heavy atom. The van der Waals surface area contributed by atoms with Gasteiger partial charge in [-0.25, -0.2) is 0 Å². The number of carbonyl (C=O) groups is 1. The van der Waals surface area contributed by atoms with E-state index in [-0.39, 0.29) is 12.5 Å². The second-order valence-electron chi connectivity index (χ2n) is 5.23. The number of aromatic nitrogens is 1. The fourth-order valence-electron chi connectivity index (χ4n) is 2.28. The van der Waals surface area contributed by atoms with Crippen molar-refractivity contribution in [3.63, 3.8) is 0 Å². The summed E-state index contributed by atoms with van der Waals surface area (Å²) < 4.78 is 15.9. The van der Waals surface area contributed by atoms with Gasteiger partial charge in [-0.1, -0.05) is 6.07 Å². The molecule has 0 aliphatic rings. The molecule has 3 rings (SSSR count). The zero-order valence-corrected chi connectivity index (χ0v) is 13.8. The molecule has 2 heterocycles. The van der Waals surface area contributed by atoms with E-state index in [1.807, 2.05) is 18.2 Å². The van der Waals surface area contributed by atoms with Crippen LogP contribution in [-0.2, 0) is 11.3 Å². The molecule has 0 bridgehead atoms. The zero-order chi connectivity index (χ0) is 17.5. The molecule has 0 saturated carbocycles. The first kappa shape index (κ1) is 16.6. The van der Waals surface area contributed by atoms with E-state index in [0.29, 0.717) is 23.7 Å². The van der Waals surface area contributed by atoms with Crippen LogP contribution in [0.3, 0.4) is 0 Å². The maximum Gasteiger partial charge on any atom is 0.258 e. The summed E-state index contributed by atoms with van der Waals surface area (Å²) in [5.74, 6) is 1.79. The minimum Gasteiger partial charge on any atom is -0.497 e. The monoisotopic (exact) mass is 338 g/mol. The van der Waals surface area contributed by atoms with E-state index in [1.54, 1.807) is 49.9 Å². The summed E-state index contributed by atoms with van der Waals surface area (Å²) >= 11 is 0. The smallest absolute Gasteiger partial charge is 0.258 e. The average Bonchev–Trinajstić information content (AvgIpc) is 3.20. The van der Waals surface area contributed by atoms with Crippen molar-refractivity contribution in [1.82, 2.24) is 10.3 Å². The van der Waals surface area contributed by atoms with Crippen molar-refractivity contribution in [2.75, 3.05) is 13.7 Å². The largest absolute Gasteiger partial charge is 0.497 e. The van der Waals surface area contributed by atoms with Crippen molar-refractivity contribution in [2.24, 2.45) is 0 Å². The molecular weight excluding hydrogens is 320 g/mol. The van der Waals surface area contributed by atoms with Crippen molar-refractivity contribution in [1.29, 1.82) is 0 Å². The highest BCUT2D eigenvalue weighted by Crippen LogP contribution is 2.21. The molecule has 25 heavy (non-hydrogen) atoms. The molecule has 0 atom stereocenters. The van der Waals surface area contributed by atoms with Crippen molar-refractivity contribution in [3.05, 3.63) is 66.6 Å². The molecule has 1 N–H and O–H groups in total. The lowest BCUT2D eigenvalue weighted by Gasteiger charge is -2.10. The first-order valence-corrected chi connectivity index (χ1v) is 7.77. The minimum atomic E-state index is -0.218. The van der Waals surface area contributed by atoms with Gasteiger partial charge in [-0.05, 0) is 42.5 Å². The van der Waals surface area contributed by atoms with Gasteiger partial charge in [-0.15, -0.1) is 0 Å². The molecule has 128 valence electrons. The van der Waals surface area contributed by atoms with Gasteiger partial charge < -0.3 is 19.2 Å². The maximum atomic E-state index is 12.0. The van der Waals surface area contributed by atoms with Crippen LogP contribution >= 0.6 is 0 Å². The molecule has 0 aliphatic carbocycles. The SMILES string of the molecule is COc1ccc(OCC(=O)NCc2cccnc2-c2ccco2)cc1. The van der Waals surface area contributed by atoms with Crippen molar-refractivity contribution in [2.45, 2.75) is 6.54 Å². The lowest BCUT2D eigenvalue weighted by molar-refractivity contribution is -0.123. The number of hydrogen-bond donors (Lipinski definition) is 1. The Bertz CT molecular complexity index is 814. The molecule has 2 aromatic heterocycles. The molecule has 0 unspecified atom stereocenters. The first-order chi connectivity index (χ1) is 12.3. The molecule has 0 aliphatic heterocycles. The number of amides is 1. The first-order valence-electron chi connectivity index (χ1n) is 7.77. The van der Waals surface area contributed by atoms with Crippen LogP contribution in [0.5, 0.6) is 11.5 Å². The summed E-state index contributed by atoms with van der Waals surface area (Å²) in [6, 6.07) is 14.4. The van der Waals surface area contributed by atoms with Crippen LogP contribution in [0, 0.1) is 0 Å². The molecule has 3 aromatic rings. The van der Waals surface area contributed by atoms with Crippen molar-refractivity contribution in [3.8, 4) is 23.0 Å². The number of furan rings is 1. The van der Waals surface area contributed by atoms with Gasteiger partial charge in [0.25, 0.3) is 5.91 Å². The van der Waals surface area contributed by atoms with Crippen LogP contribution in [0.15, 0.2) is 65.4 Å². The number of benzene rings is 1. The van der Waals surface area contributed by atoms with Gasteiger partial charge in [0.05, 0.1) is 13.4 Å².